The van der Waals surface area contributed by atoms with E-state index in [0.717, 1.165) is 0 Å². The van der Waals surface area contributed by atoms with E-state index >= 15 is 0 Å². The Labute approximate surface area is 174 Å². The largest absolute Gasteiger partial charge is 0.362 e. The molecule has 0 aliphatic heterocycles. The summed E-state index contributed by atoms with van der Waals surface area (Å²) in [7, 11) is 0. The Morgan fingerprint density at radius 2 is 1.26 bits per heavy atom. The SMILES string of the molecule is O=C(COCC(=O)N/N=C/c1cccc([N+](=O)[O-])c1)N/N=C\c1cccc([N+](=O)[O-])c1. The van der Waals surface area contributed by atoms with Gasteiger partial charge in [0.2, 0.25) is 0 Å². The van der Waals surface area contributed by atoms with Crippen molar-refractivity contribution in [2.75, 3.05) is 13.2 Å². The molecule has 160 valence electrons. The highest BCUT2D eigenvalue weighted by molar-refractivity contribution is 5.84. The monoisotopic (exact) mass is 428 g/mol. The Bertz CT molecular complexity index is 956. The molecule has 0 unspecified atom stereocenters. The van der Waals surface area contributed by atoms with E-state index in [4.69, 9.17) is 4.74 Å². The number of hydrogen-bond acceptors (Lipinski definition) is 9. The minimum atomic E-state index is -0.644. The second-order valence-electron chi connectivity index (χ2n) is 5.78. The van der Waals surface area contributed by atoms with E-state index in [0.29, 0.717) is 11.1 Å². The van der Waals surface area contributed by atoms with Crippen molar-refractivity contribution in [2.45, 2.75) is 0 Å². The van der Waals surface area contributed by atoms with E-state index in [1.54, 1.807) is 12.1 Å². The van der Waals surface area contributed by atoms with Crippen LogP contribution in [0.5, 0.6) is 0 Å². The number of amides is 2. The fourth-order valence-corrected chi connectivity index (χ4v) is 2.10. The smallest absolute Gasteiger partial charge is 0.270 e. The molecule has 2 amide bonds. The summed E-state index contributed by atoms with van der Waals surface area (Å²) in [6.45, 7) is -0.928. The molecule has 2 rings (SSSR count). The quantitative estimate of drug-likeness (QED) is 0.323. The van der Waals surface area contributed by atoms with Gasteiger partial charge in [-0.15, -0.1) is 0 Å². The van der Waals surface area contributed by atoms with Crippen LogP contribution >= 0.6 is 0 Å². The van der Waals surface area contributed by atoms with Crippen LogP contribution in [0.4, 0.5) is 11.4 Å². The summed E-state index contributed by atoms with van der Waals surface area (Å²) in [5.41, 5.74) is 4.90. The number of carbonyl (C=O) groups is 2. The lowest BCUT2D eigenvalue weighted by Crippen LogP contribution is -2.28. The van der Waals surface area contributed by atoms with Crippen LogP contribution in [0.25, 0.3) is 0 Å². The molecule has 0 saturated carbocycles. The number of ether oxygens (including phenoxy) is 1. The molecule has 31 heavy (non-hydrogen) atoms. The van der Waals surface area contributed by atoms with Crippen molar-refractivity contribution in [2.24, 2.45) is 10.2 Å². The Morgan fingerprint density at radius 3 is 1.65 bits per heavy atom. The summed E-state index contributed by atoms with van der Waals surface area (Å²) < 4.78 is 4.91. The molecule has 0 heterocycles. The molecule has 0 aliphatic rings. The molecule has 2 aromatic rings. The minimum absolute atomic E-state index is 0.113. The van der Waals surface area contributed by atoms with Crippen molar-refractivity contribution < 1.29 is 24.2 Å². The lowest BCUT2D eigenvalue weighted by Gasteiger charge is -2.02. The molecular weight excluding hydrogens is 412 g/mol. The number of nitrogens with one attached hydrogen (secondary N) is 2. The number of benzene rings is 2. The van der Waals surface area contributed by atoms with Gasteiger partial charge in [-0.3, -0.25) is 29.8 Å². The summed E-state index contributed by atoms with van der Waals surface area (Å²) >= 11 is 0. The van der Waals surface area contributed by atoms with Gasteiger partial charge in [0, 0.05) is 35.4 Å². The van der Waals surface area contributed by atoms with Crippen LogP contribution in [0.1, 0.15) is 11.1 Å². The van der Waals surface area contributed by atoms with Crippen LogP contribution in [0.2, 0.25) is 0 Å². The first-order chi connectivity index (χ1) is 14.8. The zero-order valence-electron chi connectivity index (χ0n) is 15.8. The van der Waals surface area contributed by atoms with Crippen molar-refractivity contribution in [3.8, 4) is 0 Å². The van der Waals surface area contributed by atoms with Gasteiger partial charge in [0.1, 0.15) is 13.2 Å². The molecular formula is C18H16N6O7. The molecule has 0 aliphatic carbocycles. The molecule has 0 saturated heterocycles. The first-order valence-electron chi connectivity index (χ1n) is 8.55. The molecule has 0 bridgehead atoms. The van der Waals surface area contributed by atoms with Crippen LogP contribution < -0.4 is 10.9 Å². The average Bonchev–Trinajstić information content (AvgIpc) is 2.74. The molecule has 2 N–H and O–H groups in total. The number of non-ortho nitro benzene ring substituents is 2. The summed E-state index contributed by atoms with van der Waals surface area (Å²) in [6.07, 6.45) is 2.44. The van der Waals surface area contributed by atoms with Gasteiger partial charge in [0.25, 0.3) is 23.2 Å². The number of nitro benzene ring substituents is 2. The second-order valence-corrected chi connectivity index (χ2v) is 5.78. The highest BCUT2D eigenvalue weighted by Crippen LogP contribution is 2.12. The minimum Gasteiger partial charge on any atom is -0.362 e. The Hall–Kier alpha value is -4.52. The molecule has 13 heteroatoms. The van der Waals surface area contributed by atoms with Crippen molar-refractivity contribution >= 4 is 35.6 Å². The number of hydrazone groups is 2. The molecule has 0 radical (unpaired) electrons. The number of nitrogens with zero attached hydrogens (tertiary/aromatic N) is 4. The molecule has 0 atom stereocenters. The van der Waals surface area contributed by atoms with Gasteiger partial charge in [-0.2, -0.15) is 10.2 Å². The first-order valence-corrected chi connectivity index (χ1v) is 8.55. The molecule has 13 nitrogen and oxygen atoms in total. The lowest BCUT2D eigenvalue weighted by atomic mass is 10.2. The normalized spacial score (nSPS) is 10.8. The third-order valence-corrected chi connectivity index (χ3v) is 3.43. The summed E-state index contributed by atoms with van der Waals surface area (Å²) in [6, 6.07) is 11.3. The van der Waals surface area contributed by atoms with Crippen LogP contribution in [-0.4, -0.2) is 47.3 Å². The Kier molecular flexibility index (Phi) is 8.43. The maximum Gasteiger partial charge on any atom is 0.270 e. The van der Waals surface area contributed by atoms with Gasteiger partial charge in [-0.05, 0) is 0 Å². The van der Waals surface area contributed by atoms with Crippen LogP contribution in [-0.2, 0) is 14.3 Å². The van der Waals surface area contributed by atoms with Crippen molar-refractivity contribution in [1.82, 2.24) is 10.9 Å². The van der Waals surface area contributed by atoms with Gasteiger partial charge in [-0.25, -0.2) is 10.9 Å². The summed E-state index contributed by atoms with van der Waals surface area (Å²) in [5.74, 6) is -1.29. The maximum absolute atomic E-state index is 11.6. The molecule has 2 aromatic carbocycles. The zero-order valence-corrected chi connectivity index (χ0v) is 15.8. The maximum atomic E-state index is 11.6. The van der Waals surface area contributed by atoms with E-state index in [9.17, 15) is 29.8 Å². The van der Waals surface area contributed by atoms with Crippen LogP contribution in [0.15, 0.2) is 58.7 Å². The Balaban J connectivity index is 1.69. The van der Waals surface area contributed by atoms with Crippen molar-refractivity contribution in [1.29, 1.82) is 0 Å². The average molecular weight is 428 g/mol. The standard InChI is InChI=1S/C18H16N6O7/c25-17(21-19-9-13-3-1-5-15(7-13)23(27)28)11-31-12-18(26)22-20-10-14-4-2-6-16(8-14)24(29)30/h1-10H,11-12H2,(H,21,25)(H,22,26)/b19-9-,20-10+. The van der Waals surface area contributed by atoms with Crippen molar-refractivity contribution in [3.05, 3.63) is 79.9 Å². The third kappa shape index (κ3) is 8.16. The van der Waals surface area contributed by atoms with E-state index < -0.39 is 34.9 Å². The van der Waals surface area contributed by atoms with Crippen LogP contribution in [0, 0.1) is 20.2 Å². The van der Waals surface area contributed by atoms with Gasteiger partial charge in [-0.1, -0.05) is 24.3 Å². The fraction of sp³-hybridized carbons (Fsp3) is 0.111. The topological polar surface area (TPSA) is 178 Å². The molecule has 0 fully saturated rings. The summed E-state index contributed by atoms with van der Waals surface area (Å²) in [4.78, 5) is 43.5. The second kappa shape index (κ2) is 11.5. The van der Waals surface area contributed by atoms with E-state index in [1.165, 1.54) is 48.8 Å². The highest BCUT2D eigenvalue weighted by atomic mass is 16.6. The van der Waals surface area contributed by atoms with E-state index in [2.05, 4.69) is 21.1 Å². The van der Waals surface area contributed by atoms with Gasteiger partial charge in [0.15, 0.2) is 0 Å². The molecule has 0 spiro atoms. The highest BCUT2D eigenvalue weighted by Gasteiger charge is 2.06. The fourth-order valence-electron chi connectivity index (χ4n) is 2.10. The summed E-state index contributed by atoms with van der Waals surface area (Å²) in [5, 5.41) is 28.7. The first kappa shape index (κ1) is 22.8. The number of hydrogen-bond donors (Lipinski definition) is 2. The Morgan fingerprint density at radius 1 is 0.839 bits per heavy atom. The predicted octanol–water partition coefficient (Wildman–Crippen LogP) is 1.12. The van der Waals surface area contributed by atoms with Crippen molar-refractivity contribution in [3.63, 3.8) is 0 Å². The zero-order chi connectivity index (χ0) is 22.6. The lowest BCUT2D eigenvalue weighted by molar-refractivity contribution is -0.385. The number of carbonyl (C=O) groups excluding carboxylic acids is 2. The van der Waals surface area contributed by atoms with Gasteiger partial charge < -0.3 is 4.74 Å². The van der Waals surface area contributed by atoms with E-state index in [-0.39, 0.29) is 11.4 Å². The van der Waals surface area contributed by atoms with Gasteiger partial charge >= 0.3 is 0 Å². The number of rotatable bonds is 10. The number of nitro groups is 2. The van der Waals surface area contributed by atoms with Gasteiger partial charge in [0.05, 0.1) is 22.3 Å². The predicted molar refractivity (Wildman–Crippen MR) is 108 cm³/mol. The van der Waals surface area contributed by atoms with E-state index in [1.807, 2.05) is 0 Å². The van der Waals surface area contributed by atoms with Crippen LogP contribution in [0.3, 0.4) is 0 Å². The third-order valence-electron chi connectivity index (χ3n) is 3.43. The molecule has 0 aromatic heterocycles.